The van der Waals surface area contributed by atoms with Gasteiger partial charge in [-0.25, -0.2) is 4.79 Å². The number of carbonyl (C=O) groups is 1. The van der Waals surface area contributed by atoms with Crippen LogP contribution >= 0.6 is 22.6 Å². The Balaban J connectivity index is 2.20. The monoisotopic (exact) mass is 375 g/mol. The molecule has 106 valence electrons. The fraction of sp³-hybridized carbons (Fsp3) is 0.500. The highest BCUT2D eigenvalue weighted by atomic mass is 127. The lowest BCUT2D eigenvalue weighted by molar-refractivity contribution is 0.248. The van der Waals surface area contributed by atoms with Gasteiger partial charge in [0.1, 0.15) is 0 Å². The molecule has 0 aliphatic heterocycles. The number of rotatable bonds is 6. The third-order valence-electron chi connectivity index (χ3n) is 2.96. The maximum Gasteiger partial charge on any atom is 0.319 e. The fourth-order valence-corrected chi connectivity index (χ4v) is 1.86. The average molecular weight is 375 g/mol. The van der Waals surface area contributed by atoms with Crippen LogP contribution in [0.15, 0.2) is 24.3 Å². The van der Waals surface area contributed by atoms with Crippen LogP contribution in [0, 0.1) is 3.57 Å². The van der Waals surface area contributed by atoms with E-state index in [1.165, 1.54) is 0 Å². The Morgan fingerprint density at radius 3 is 2.53 bits per heavy atom. The molecule has 0 radical (unpaired) electrons. The Kier molecular flexibility index (Phi) is 7.15. The number of amides is 2. The number of hydrogen-bond donors (Lipinski definition) is 2. The Labute approximate surface area is 129 Å². The highest BCUT2D eigenvalue weighted by Gasteiger charge is 2.04. The van der Waals surface area contributed by atoms with Gasteiger partial charge in [-0.1, -0.05) is 0 Å². The molecule has 0 fully saturated rings. The molecule has 0 spiro atoms. The Morgan fingerprint density at radius 2 is 1.95 bits per heavy atom. The van der Waals surface area contributed by atoms with Crippen LogP contribution < -0.4 is 10.6 Å². The standard InChI is InChI=1S/C14H22IN3O/c1-11(2)18(3)10-4-9-16-14(19)17-13-7-5-12(15)6-8-13/h5-8,11H,4,9-10H2,1-3H3,(H2,16,17,19). The second kappa shape index (κ2) is 8.37. The lowest BCUT2D eigenvalue weighted by Crippen LogP contribution is -2.33. The van der Waals surface area contributed by atoms with Crippen molar-refractivity contribution in [1.29, 1.82) is 0 Å². The smallest absolute Gasteiger partial charge is 0.319 e. The van der Waals surface area contributed by atoms with Crippen molar-refractivity contribution in [2.45, 2.75) is 26.3 Å². The largest absolute Gasteiger partial charge is 0.338 e. The molecule has 19 heavy (non-hydrogen) atoms. The number of nitrogens with zero attached hydrogens (tertiary/aromatic N) is 1. The third-order valence-corrected chi connectivity index (χ3v) is 3.68. The van der Waals surface area contributed by atoms with E-state index in [-0.39, 0.29) is 6.03 Å². The highest BCUT2D eigenvalue weighted by Crippen LogP contribution is 2.10. The summed E-state index contributed by atoms with van der Waals surface area (Å²) in [7, 11) is 2.09. The van der Waals surface area contributed by atoms with Crippen LogP contribution in [-0.2, 0) is 0 Å². The maximum atomic E-state index is 11.6. The average Bonchev–Trinajstić information content (AvgIpc) is 2.37. The first-order valence-corrected chi connectivity index (χ1v) is 7.57. The van der Waals surface area contributed by atoms with Gasteiger partial charge in [0, 0.05) is 21.8 Å². The van der Waals surface area contributed by atoms with Crippen molar-refractivity contribution < 1.29 is 4.79 Å². The van der Waals surface area contributed by atoms with Gasteiger partial charge in [-0.3, -0.25) is 0 Å². The van der Waals surface area contributed by atoms with Gasteiger partial charge >= 0.3 is 6.03 Å². The summed E-state index contributed by atoms with van der Waals surface area (Å²) < 4.78 is 1.15. The number of halogens is 1. The molecule has 0 atom stereocenters. The Bertz CT molecular complexity index is 392. The predicted octanol–water partition coefficient (Wildman–Crippen LogP) is 3.14. The first kappa shape index (κ1) is 16.2. The number of nitrogens with one attached hydrogen (secondary N) is 2. The van der Waals surface area contributed by atoms with E-state index in [1.807, 2.05) is 24.3 Å². The van der Waals surface area contributed by atoms with Gasteiger partial charge in [-0.15, -0.1) is 0 Å². The Morgan fingerprint density at radius 1 is 1.32 bits per heavy atom. The van der Waals surface area contributed by atoms with Crippen molar-refractivity contribution in [2.75, 3.05) is 25.5 Å². The van der Waals surface area contributed by atoms with E-state index in [4.69, 9.17) is 0 Å². The minimum atomic E-state index is -0.145. The lowest BCUT2D eigenvalue weighted by Gasteiger charge is -2.20. The molecule has 1 aromatic carbocycles. The maximum absolute atomic E-state index is 11.6. The first-order valence-electron chi connectivity index (χ1n) is 6.49. The van der Waals surface area contributed by atoms with Crippen LogP contribution in [0.1, 0.15) is 20.3 Å². The zero-order valence-corrected chi connectivity index (χ0v) is 13.9. The summed E-state index contributed by atoms with van der Waals surface area (Å²) in [5.41, 5.74) is 0.817. The molecule has 4 nitrogen and oxygen atoms in total. The highest BCUT2D eigenvalue weighted by molar-refractivity contribution is 14.1. The molecule has 0 aliphatic carbocycles. The Hall–Kier alpha value is -0.820. The summed E-state index contributed by atoms with van der Waals surface area (Å²) in [6, 6.07) is 8.12. The molecule has 1 rings (SSSR count). The van der Waals surface area contributed by atoms with E-state index < -0.39 is 0 Å². The van der Waals surface area contributed by atoms with Crippen molar-refractivity contribution in [1.82, 2.24) is 10.2 Å². The number of carbonyl (C=O) groups excluding carboxylic acids is 1. The van der Waals surface area contributed by atoms with Crippen LogP contribution in [0.25, 0.3) is 0 Å². The normalized spacial score (nSPS) is 10.8. The predicted molar refractivity (Wildman–Crippen MR) is 88.6 cm³/mol. The summed E-state index contributed by atoms with van der Waals surface area (Å²) in [5, 5.41) is 5.67. The summed E-state index contributed by atoms with van der Waals surface area (Å²) in [6.07, 6.45) is 0.953. The van der Waals surface area contributed by atoms with Crippen molar-refractivity contribution in [3.05, 3.63) is 27.8 Å². The zero-order valence-electron chi connectivity index (χ0n) is 11.7. The van der Waals surface area contributed by atoms with Gasteiger partial charge in [0.2, 0.25) is 0 Å². The quantitative estimate of drug-likeness (QED) is 0.593. The fourth-order valence-electron chi connectivity index (χ4n) is 1.50. The molecule has 2 amide bonds. The van der Waals surface area contributed by atoms with Gasteiger partial charge in [0.25, 0.3) is 0 Å². The topological polar surface area (TPSA) is 44.4 Å². The van der Waals surface area contributed by atoms with E-state index in [2.05, 4.69) is 59.0 Å². The van der Waals surface area contributed by atoms with E-state index in [0.29, 0.717) is 12.6 Å². The first-order chi connectivity index (χ1) is 8.99. The molecule has 0 unspecified atom stereocenters. The van der Waals surface area contributed by atoms with Crippen molar-refractivity contribution in [3.63, 3.8) is 0 Å². The number of hydrogen-bond acceptors (Lipinski definition) is 2. The number of urea groups is 1. The van der Waals surface area contributed by atoms with Gasteiger partial charge in [0.15, 0.2) is 0 Å². The minimum Gasteiger partial charge on any atom is -0.338 e. The van der Waals surface area contributed by atoms with Crippen LogP contribution in [0.4, 0.5) is 10.5 Å². The number of anilines is 1. The summed E-state index contributed by atoms with van der Waals surface area (Å²) >= 11 is 2.24. The third kappa shape index (κ3) is 6.77. The zero-order chi connectivity index (χ0) is 14.3. The minimum absolute atomic E-state index is 0.145. The molecule has 0 aliphatic rings. The molecule has 0 saturated carbocycles. The summed E-state index contributed by atoms with van der Waals surface area (Å²) in [4.78, 5) is 13.9. The molecule has 2 N–H and O–H groups in total. The van der Waals surface area contributed by atoms with Crippen LogP contribution in [-0.4, -0.2) is 37.1 Å². The van der Waals surface area contributed by atoms with Gasteiger partial charge in [-0.2, -0.15) is 0 Å². The van der Waals surface area contributed by atoms with E-state index in [0.717, 1.165) is 22.2 Å². The molecule has 5 heteroatoms. The molecule has 0 bridgehead atoms. The van der Waals surface area contributed by atoms with Crippen LogP contribution in [0.3, 0.4) is 0 Å². The van der Waals surface area contributed by atoms with E-state index in [9.17, 15) is 4.79 Å². The molecule has 0 heterocycles. The molecule has 0 aromatic heterocycles. The SMILES string of the molecule is CC(C)N(C)CCCNC(=O)Nc1ccc(I)cc1. The van der Waals surface area contributed by atoms with Crippen molar-refractivity contribution in [3.8, 4) is 0 Å². The number of benzene rings is 1. The van der Waals surface area contributed by atoms with Gasteiger partial charge in [-0.05, 0) is 80.7 Å². The molecule has 1 aromatic rings. The van der Waals surface area contributed by atoms with Crippen LogP contribution in [0.5, 0.6) is 0 Å². The van der Waals surface area contributed by atoms with Gasteiger partial charge < -0.3 is 15.5 Å². The van der Waals surface area contributed by atoms with Crippen molar-refractivity contribution >= 4 is 34.3 Å². The van der Waals surface area contributed by atoms with Gasteiger partial charge in [0.05, 0.1) is 0 Å². The molecular formula is C14H22IN3O. The second-order valence-electron chi connectivity index (χ2n) is 4.82. The van der Waals surface area contributed by atoms with Crippen LogP contribution in [0.2, 0.25) is 0 Å². The summed E-state index contributed by atoms with van der Waals surface area (Å²) in [6.45, 7) is 6.00. The molecular weight excluding hydrogens is 353 g/mol. The summed E-state index contributed by atoms with van der Waals surface area (Å²) in [5.74, 6) is 0. The lowest BCUT2D eigenvalue weighted by atomic mass is 10.3. The van der Waals surface area contributed by atoms with E-state index >= 15 is 0 Å². The molecule has 0 saturated heterocycles. The van der Waals surface area contributed by atoms with Crippen molar-refractivity contribution in [2.24, 2.45) is 0 Å². The second-order valence-corrected chi connectivity index (χ2v) is 6.06. The van der Waals surface area contributed by atoms with E-state index in [1.54, 1.807) is 0 Å².